The van der Waals surface area contributed by atoms with Gasteiger partial charge in [0.15, 0.2) is 0 Å². The first-order chi connectivity index (χ1) is 12.3. The molecule has 1 aliphatic carbocycles. The van der Waals surface area contributed by atoms with E-state index in [1.165, 1.54) is 0 Å². The number of nitrogens with one attached hydrogen (secondary N) is 2. The second-order valence-electron chi connectivity index (χ2n) is 6.92. The number of benzene rings is 1. The normalized spacial score (nSPS) is 20.2. The van der Waals surface area contributed by atoms with Gasteiger partial charge in [-0.05, 0) is 37.5 Å². The summed E-state index contributed by atoms with van der Waals surface area (Å²) in [7, 11) is 0. The molecular weight excluding hydrogens is 377 g/mol. The zero-order valence-electron chi connectivity index (χ0n) is 14.5. The highest BCUT2D eigenvalue weighted by atomic mass is 35.5. The molecule has 1 atom stereocenters. The highest BCUT2D eigenvalue weighted by Crippen LogP contribution is 2.33. The summed E-state index contributed by atoms with van der Waals surface area (Å²) in [4.78, 5) is 38.3. The van der Waals surface area contributed by atoms with Gasteiger partial charge in [0.1, 0.15) is 12.1 Å². The Kier molecular flexibility index (Phi) is 5.44. The van der Waals surface area contributed by atoms with Gasteiger partial charge in [-0.3, -0.25) is 14.5 Å². The maximum absolute atomic E-state index is 12.7. The molecule has 1 heterocycles. The second kappa shape index (κ2) is 7.45. The summed E-state index contributed by atoms with van der Waals surface area (Å²) >= 11 is 12.0. The average molecular weight is 398 g/mol. The fraction of sp³-hybridized carbons (Fsp3) is 0.500. The van der Waals surface area contributed by atoms with Crippen LogP contribution in [0.5, 0.6) is 0 Å². The van der Waals surface area contributed by atoms with Crippen molar-refractivity contribution in [3.8, 4) is 0 Å². The van der Waals surface area contributed by atoms with E-state index in [-0.39, 0.29) is 18.5 Å². The number of rotatable bonds is 4. The van der Waals surface area contributed by atoms with Crippen LogP contribution in [0.1, 0.15) is 50.6 Å². The molecule has 140 valence electrons. The lowest BCUT2D eigenvalue weighted by atomic mass is 9.82. The van der Waals surface area contributed by atoms with Crippen LogP contribution in [0.3, 0.4) is 0 Å². The quantitative estimate of drug-likeness (QED) is 0.763. The zero-order valence-corrected chi connectivity index (χ0v) is 16.0. The van der Waals surface area contributed by atoms with Crippen molar-refractivity contribution in [1.29, 1.82) is 0 Å². The molecule has 0 unspecified atom stereocenters. The molecule has 1 aromatic carbocycles. The predicted molar refractivity (Wildman–Crippen MR) is 99.1 cm³/mol. The van der Waals surface area contributed by atoms with Crippen molar-refractivity contribution >= 4 is 41.0 Å². The monoisotopic (exact) mass is 397 g/mol. The Hall–Kier alpha value is -1.79. The van der Waals surface area contributed by atoms with Crippen molar-refractivity contribution in [2.24, 2.45) is 0 Å². The standard InChI is InChI=1S/C18H21Cl2N3O3/c1-11(13-6-5-12(19)9-14(13)20)21-15(24)10-23-16(25)18(22-17(23)26)7-3-2-4-8-18/h5-6,9,11H,2-4,7-8,10H2,1H3,(H,21,24)(H,22,26)/t11-/m0/s1. The van der Waals surface area contributed by atoms with Gasteiger partial charge >= 0.3 is 6.03 Å². The topological polar surface area (TPSA) is 78.5 Å². The smallest absolute Gasteiger partial charge is 0.325 e. The zero-order chi connectivity index (χ0) is 18.9. The Labute approximate surface area is 162 Å². The first kappa shape index (κ1) is 19.0. The first-order valence-electron chi connectivity index (χ1n) is 8.71. The van der Waals surface area contributed by atoms with Gasteiger partial charge in [-0.15, -0.1) is 0 Å². The summed E-state index contributed by atoms with van der Waals surface area (Å²) < 4.78 is 0. The average Bonchev–Trinajstić information content (AvgIpc) is 2.79. The Balaban J connectivity index is 1.64. The molecule has 0 aromatic heterocycles. The molecule has 1 saturated heterocycles. The molecule has 2 fully saturated rings. The van der Waals surface area contributed by atoms with Gasteiger partial charge < -0.3 is 10.6 Å². The van der Waals surface area contributed by atoms with Crippen LogP contribution in [0.2, 0.25) is 10.0 Å². The van der Waals surface area contributed by atoms with Gasteiger partial charge in [-0.25, -0.2) is 4.79 Å². The molecule has 26 heavy (non-hydrogen) atoms. The van der Waals surface area contributed by atoms with Gasteiger partial charge in [0, 0.05) is 10.0 Å². The molecule has 2 N–H and O–H groups in total. The lowest BCUT2D eigenvalue weighted by Gasteiger charge is -2.30. The number of halogens is 2. The SMILES string of the molecule is C[C@H](NC(=O)CN1C(=O)NC2(CCCCC2)C1=O)c1ccc(Cl)cc1Cl. The molecule has 0 bridgehead atoms. The highest BCUT2D eigenvalue weighted by Gasteiger charge is 2.51. The number of amides is 4. The lowest BCUT2D eigenvalue weighted by molar-refractivity contribution is -0.136. The molecule has 2 aliphatic rings. The minimum absolute atomic E-state index is 0.297. The third-order valence-corrected chi connectivity index (χ3v) is 5.62. The number of imide groups is 1. The molecule has 1 aliphatic heterocycles. The first-order valence-corrected chi connectivity index (χ1v) is 9.46. The van der Waals surface area contributed by atoms with Crippen molar-refractivity contribution in [2.75, 3.05) is 6.54 Å². The van der Waals surface area contributed by atoms with Crippen LogP contribution in [0.4, 0.5) is 4.79 Å². The van der Waals surface area contributed by atoms with Crippen LogP contribution in [-0.2, 0) is 9.59 Å². The fourth-order valence-corrected chi connectivity index (χ4v) is 4.25. The third kappa shape index (κ3) is 3.67. The highest BCUT2D eigenvalue weighted by molar-refractivity contribution is 6.35. The number of urea groups is 1. The second-order valence-corrected chi connectivity index (χ2v) is 7.76. The number of carbonyl (C=O) groups is 3. The van der Waals surface area contributed by atoms with Crippen LogP contribution in [0.25, 0.3) is 0 Å². The van der Waals surface area contributed by atoms with Crippen LogP contribution in [0.15, 0.2) is 18.2 Å². The van der Waals surface area contributed by atoms with E-state index in [1.54, 1.807) is 25.1 Å². The number of nitrogens with zero attached hydrogens (tertiary/aromatic N) is 1. The van der Waals surface area contributed by atoms with E-state index in [2.05, 4.69) is 10.6 Å². The van der Waals surface area contributed by atoms with E-state index in [1.807, 2.05) is 0 Å². The van der Waals surface area contributed by atoms with E-state index >= 15 is 0 Å². The Morgan fingerprint density at radius 2 is 1.96 bits per heavy atom. The van der Waals surface area contributed by atoms with Gasteiger partial charge in [-0.2, -0.15) is 0 Å². The minimum Gasteiger partial charge on any atom is -0.348 e. The summed E-state index contributed by atoms with van der Waals surface area (Å²) in [5.74, 6) is -0.714. The van der Waals surface area contributed by atoms with Crippen molar-refractivity contribution in [1.82, 2.24) is 15.5 Å². The van der Waals surface area contributed by atoms with Gasteiger partial charge in [0.25, 0.3) is 5.91 Å². The van der Waals surface area contributed by atoms with Gasteiger partial charge in [-0.1, -0.05) is 48.5 Å². The van der Waals surface area contributed by atoms with Crippen molar-refractivity contribution < 1.29 is 14.4 Å². The lowest BCUT2D eigenvalue weighted by Crippen LogP contribution is -2.49. The molecule has 8 heteroatoms. The summed E-state index contributed by atoms with van der Waals surface area (Å²) in [6, 6.07) is 4.16. The molecule has 4 amide bonds. The fourth-order valence-electron chi connectivity index (χ4n) is 3.68. The molecule has 3 rings (SSSR count). The van der Waals surface area contributed by atoms with Crippen LogP contribution in [-0.4, -0.2) is 34.8 Å². The van der Waals surface area contributed by atoms with Crippen molar-refractivity contribution in [3.63, 3.8) is 0 Å². The van der Waals surface area contributed by atoms with Crippen molar-refractivity contribution in [2.45, 2.75) is 50.6 Å². The van der Waals surface area contributed by atoms with Crippen LogP contribution >= 0.6 is 23.2 Å². The molecular formula is C18H21Cl2N3O3. The Morgan fingerprint density at radius 3 is 2.62 bits per heavy atom. The molecule has 0 radical (unpaired) electrons. The Bertz CT molecular complexity index is 747. The van der Waals surface area contributed by atoms with Crippen molar-refractivity contribution in [3.05, 3.63) is 33.8 Å². The van der Waals surface area contributed by atoms with Gasteiger partial charge in [0.05, 0.1) is 6.04 Å². The third-order valence-electron chi connectivity index (χ3n) is 5.06. The maximum atomic E-state index is 12.7. The van der Waals surface area contributed by atoms with E-state index in [0.717, 1.165) is 24.2 Å². The molecule has 1 spiro atoms. The molecule has 1 aromatic rings. The molecule has 1 saturated carbocycles. The predicted octanol–water partition coefficient (Wildman–Crippen LogP) is 3.43. The van der Waals surface area contributed by atoms with E-state index in [4.69, 9.17) is 23.2 Å². The van der Waals surface area contributed by atoms with Crippen LogP contribution in [0, 0.1) is 0 Å². The van der Waals surface area contributed by atoms with E-state index in [9.17, 15) is 14.4 Å². The van der Waals surface area contributed by atoms with E-state index < -0.39 is 17.5 Å². The summed E-state index contributed by atoms with van der Waals surface area (Å²) in [6.45, 7) is 1.48. The Morgan fingerprint density at radius 1 is 1.27 bits per heavy atom. The summed E-state index contributed by atoms with van der Waals surface area (Å²) in [6.07, 6.45) is 4.13. The molecule has 6 nitrogen and oxygen atoms in total. The summed E-state index contributed by atoms with van der Waals surface area (Å²) in [5.41, 5.74) is -0.105. The van der Waals surface area contributed by atoms with Gasteiger partial charge in [0.2, 0.25) is 5.91 Å². The van der Waals surface area contributed by atoms with E-state index in [0.29, 0.717) is 28.5 Å². The van der Waals surface area contributed by atoms with Crippen LogP contribution < -0.4 is 10.6 Å². The summed E-state index contributed by atoms with van der Waals surface area (Å²) in [5, 5.41) is 6.53. The maximum Gasteiger partial charge on any atom is 0.325 e. The number of hydrogen-bond acceptors (Lipinski definition) is 3. The number of hydrogen-bond donors (Lipinski definition) is 2. The minimum atomic E-state index is -0.819. The largest absolute Gasteiger partial charge is 0.348 e. The number of carbonyl (C=O) groups excluding carboxylic acids is 3.